The van der Waals surface area contributed by atoms with Crippen LogP contribution in [0.2, 0.25) is 0 Å². The largest absolute Gasteiger partial charge is 1.00 e. The van der Waals surface area contributed by atoms with Gasteiger partial charge in [0, 0.05) is 6.07 Å². The average Bonchev–Trinajstić information content (AvgIpc) is 2.98. The topological polar surface area (TPSA) is 55.2 Å². The zero-order chi connectivity index (χ0) is 17.2. The number of hydrogen-bond donors (Lipinski definition) is 1. The fourth-order valence-electron chi connectivity index (χ4n) is 1.88. The van der Waals surface area contributed by atoms with E-state index in [2.05, 4.69) is 28.0 Å². The number of rotatable bonds is 7. The molecule has 0 spiro atoms. The molecule has 0 saturated heterocycles. The van der Waals surface area contributed by atoms with E-state index in [9.17, 15) is 0 Å². The second-order valence-electron chi connectivity index (χ2n) is 4.47. The van der Waals surface area contributed by atoms with E-state index in [-0.39, 0.29) is 64.8 Å². The van der Waals surface area contributed by atoms with Gasteiger partial charge in [-0.1, -0.05) is 38.2 Å². The van der Waals surface area contributed by atoms with Crippen molar-refractivity contribution in [3.05, 3.63) is 47.9 Å². The van der Waals surface area contributed by atoms with Crippen molar-refractivity contribution >= 4 is 23.4 Å². The number of fused-ring (bicyclic) bond motifs is 1. The summed E-state index contributed by atoms with van der Waals surface area (Å²) in [5.74, 6) is 1.26. The molecule has 0 bridgehead atoms. The van der Waals surface area contributed by atoms with Gasteiger partial charge in [-0.25, -0.2) is 10.6 Å². The van der Waals surface area contributed by atoms with Gasteiger partial charge < -0.3 is 11.3 Å². The predicted octanol–water partition coefficient (Wildman–Crippen LogP) is 1.55. The summed E-state index contributed by atoms with van der Waals surface area (Å²) in [6.07, 6.45) is 7.23. The maximum Gasteiger partial charge on any atom is 1.00 e. The molecule has 2 aromatic rings. The molecule has 0 aliphatic carbocycles. The first-order chi connectivity index (χ1) is 11.2. The number of aromatic amines is 1. The van der Waals surface area contributed by atoms with Crippen molar-refractivity contribution in [2.24, 2.45) is 0 Å². The summed E-state index contributed by atoms with van der Waals surface area (Å²) < 4.78 is 7.78. The Morgan fingerprint density at radius 3 is 2.75 bits per heavy atom. The van der Waals surface area contributed by atoms with Gasteiger partial charge in [-0.2, -0.15) is 0 Å². The summed E-state index contributed by atoms with van der Waals surface area (Å²) in [5, 5.41) is 11.4. The third kappa shape index (κ3) is 6.48. The molecule has 0 aliphatic heterocycles. The molecule has 0 aliphatic rings. The first-order valence-corrected chi connectivity index (χ1v) is 8.01. The standard InChI is InChI=1S/C15H17N4OS.C2H6.Rb/c1-4-6-7-8-11(3)14-16-17-15-12(20-9-5-2)10-13(21)18-19(14)15;1-2;/h2,4-5,8,10H,1,6-7,9H2,3H3,(H,18,21);1-2H3;/q-1;;+1/b11-8+;;. The zero-order valence-electron chi connectivity index (χ0n) is 14.9. The smallest absolute Gasteiger partial charge is 0.515 e. The van der Waals surface area contributed by atoms with E-state index in [0.29, 0.717) is 21.9 Å². The molecule has 2 heterocycles. The van der Waals surface area contributed by atoms with Crippen molar-refractivity contribution in [3.8, 4) is 5.75 Å². The van der Waals surface area contributed by atoms with Crippen LogP contribution in [0.3, 0.4) is 0 Å². The first kappa shape index (κ1) is 23.6. The molecule has 124 valence electrons. The normalized spacial score (nSPS) is 10.4. The Hall–Kier alpha value is -0.405. The summed E-state index contributed by atoms with van der Waals surface area (Å²) in [4.78, 5) is 0. The average molecular weight is 417 g/mol. The molecular weight excluding hydrogens is 394 g/mol. The van der Waals surface area contributed by atoms with Gasteiger partial charge in [0.05, 0.1) is 6.61 Å². The van der Waals surface area contributed by atoms with E-state index in [1.807, 2.05) is 26.8 Å². The van der Waals surface area contributed by atoms with Gasteiger partial charge >= 0.3 is 58.2 Å². The van der Waals surface area contributed by atoms with Gasteiger partial charge in [-0.15, -0.1) is 16.8 Å². The minimum atomic E-state index is 0. The molecule has 24 heavy (non-hydrogen) atoms. The van der Waals surface area contributed by atoms with Crippen molar-refractivity contribution in [2.45, 2.75) is 33.6 Å². The van der Waals surface area contributed by atoms with E-state index in [0.717, 1.165) is 18.4 Å². The Balaban J connectivity index is 0.00000170. The number of ether oxygens (including phenoxy) is 1. The van der Waals surface area contributed by atoms with Gasteiger partial charge in [0.1, 0.15) is 4.64 Å². The number of H-pyrrole nitrogens is 1. The van der Waals surface area contributed by atoms with Crippen molar-refractivity contribution in [3.63, 3.8) is 0 Å². The van der Waals surface area contributed by atoms with Crippen molar-refractivity contribution in [1.29, 1.82) is 0 Å². The Morgan fingerprint density at radius 1 is 1.42 bits per heavy atom. The van der Waals surface area contributed by atoms with Crippen molar-refractivity contribution in [1.82, 2.24) is 19.8 Å². The Bertz CT molecular complexity index is 749. The van der Waals surface area contributed by atoms with Crippen LogP contribution < -0.4 is 62.9 Å². The Kier molecular flexibility index (Phi) is 12.7. The fraction of sp³-hybridized carbons (Fsp3) is 0.353. The van der Waals surface area contributed by atoms with Crippen LogP contribution in [-0.4, -0.2) is 26.4 Å². The van der Waals surface area contributed by atoms with Gasteiger partial charge in [-0.3, -0.25) is 5.10 Å². The van der Waals surface area contributed by atoms with Crippen LogP contribution in [-0.2, 0) is 0 Å². The van der Waals surface area contributed by atoms with Gasteiger partial charge in [0.25, 0.3) is 0 Å². The Morgan fingerprint density at radius 2 is 2.12 bits per heavy atom. The zero-order valence-corrected chi connectivity index (χ0v) is 20.6. The molecule has 0 aromatic carbocycles. The summed E-state index contributed by atoms with van der Waals surface area (Å²) in [6, 6.07) is 1.70. The molecule has 2 rings (SSSR count). The second-order valence-corrected chi connectivity index (χ2v) is 4.91. The number of unbranched alkanes of at least 4 members (excludes halogenated alkanes) is 1. The van der Waals surface area contributed by atoms with Gasteiger partial charge in [-0.05, 0) is 25.3 Å². The number of allylic oxidation sites excluding steroid dienone is 3. The third-order valence-corrected chi connectivity index (χ3v) is 3.09. The van der Waals surface area contributed by atoms with E-state index in [1.54, 1.807) is 10.6 Å². The SMILES string of the molecule is CC.[CH-]=CCOc1cc(=S)[nH]n2c(/C(C)=C/CCC=C)nnc12.[Rb+]. The van der Waals surface area contributed by atoms with Crippen LogP contribution in [0.5, 0.6) is 5.75 Å². The van der Waals surface area contributed by atoms with E-state index >= 15 is 0 Å². The second kappa shape index (κ2) is 12.9. The van der Waals surface area contributed by atoms with Crippen LogP contribution >= 0.6 is 12.2 Å². The number of aromatic nitrogens is 4. The maximum absolute atomic E-state index is 5.52. The van der Waals surface area contributed by atoms with Crippen molar-refractivity contribution < 1.29 is 62.9 Å². The minimum absolute atomic E-state index is 0. The van der Waals surface area contributed by atoms with E-state index < -0.39 is 0 Å². The molecule has 0 fully saturated rings. The summed E-state index contributed by atoms with van der Waals surface area (Å²) in [5.41, 5.74) is 1.59. The molecule has 0 radical (unpaired) electrons. The van der Waals surface area contributed by atoms with Crippen LogP contribution in [0.1, 0.15) is 39.4 Å². The summed E-state index contributed by atoms with van der Waals surface area (Å²) in [6.45, 7) is 15.3. The fourth-order valence-corrected chi connectivity index (χ4v) is 2.08. The summed E-state index contributed by atoms with van der Waals surface area (Å²) in [7, 11) is 0. The molecule has 2 aromatic heterocycles. The number of nitrogens with zero attached hydrogens (tertiary/aromatic N) is 3. The Labute approximate surface area is 197 Å². The monoisotopic (exact) mass is 416 g/mol. The molecule has 0 unspecified atom stereocenters. The van der Waals surface area contributed by atoms with Crippen LogP contribution in [0.4, 0.5) is 0 Å². The molecule has 0 saturated carbocycles. The van der Waals surface area contributed by atoms with Crippen molar-refractivity contribution in [2.75, 3.05) is 6.61 Å². The third-order valence-electron chi connectivity index (χ3n) is 2.88. The number of hydrogen-bond acceptors (Lipinski definition) is 4. The molecule has 0 amide bonds. The quantitative estimate of drug-likeness (QED) is 0.322. The number of nitrogens with one attached hydrogen (secondary N) is 1. The molecule has 0 atom stereocenters. The first-order valence-electron chi connectivity index (χ1n) is 7.60. The van der Waals surface area contributed by atoms with Gasteiger partial charge in [0.2, 0.25) is 5.65 Å². The van der Waals surface area contributed by atoms with E-state index in [1.165, 1.54) is 6.08 Å². The molecular formula is C17H23N4ORbS. The summed E-state index contributed by atoms with van der Waals surface area (Å²) >= 11 is 5.21. The van der Waals surface area contributed by atoms with Gasteiger partial charge in [0.15, 0.2) is 11.6 Å². The van der Waals surface area contributed by atoms with Crippen LogP contribution in [0, 0.1) is 11.2 Å². The van der Waals surface area contributed by atoms with E-state index in [4.69, 9.17) is 23.5 Å². The van der Waals surface area contributed by atoms with Crippen LogP contribution in [0.15, 0.2) is 30.9 Å². The molecule has 5 nitrogen and oxygen atoms in total. The maximum atomic E-state index is 5.52. The van der Waals surface area contributed by atoms with Crippen LogP contribution in [0.25, 0.3) is 11.2 Å². The minimum Gasteiger partial charge on any atom is -0.515 e. The predicted molar refractivity (Wildman–Crippen MR) is 97.0 cm³/mol. The molecule has 1 N–H and O–H groups in total. The molecule has 7 heteroatoms.